The lowest BCUT2D eigenvalue weighted by atomic mass is 9.97. The van der Waals surface area contributed by atoms with Gasteiger partial charge in [0.1, 0.15) is 5.75 Å². The Morgan fingerprint density at radius 1 is 1.44 bits per heavy atom. The van der Waals surface area contributed by atoms with Crippen LogP contribution in [0.15, 0.2) is 34.8 Å². The van der Waals surface area contributed by atoms with Gasteiger partial charge in [0.15, 0.2) is 0 Å². The number of halogens is 1. The third-order valence-electron chi connectivity index (χ3n) is 3.01. The third-order valence-corrected chi connectivity index (χ3v) is 3.50. The van der Waals surface area contributed by atoms with Gasteiger partial charge in [0.05, 0.1) is 7.11 Å². The first kappa shape index (κ1) is 15.3. The van der Waals surface area contributed by atoms with Crippen molar-refractivity contribution in [3.8, 4) is 5.75 Å². The number of ether oxygens (including phenoxy) is 1. The van der Waals surface area contributed by atoms with E-state index < -0.39 is 0 Å². The normalized spacial score (nSPS) is 12.2. The highest BCUT2D eigenvalue weighted by Crippen LogP contribution is 2.32. The van der Waals surface area contributed by atoms with Crippen LogP contribution < -0.4 is 10.1 Å². The number of methoxy groups -OCH3 is 1. The average molecular weight is 312 g/mol. The van der Waals surface area contributed by atoms with E-state index in [1.807, 2.05) is 12.1 Å². The molecule has 100 valence electrons. The maximum atomic E-state index is 5.45. The molecule has 0 saturated carbocycles. The molecule has 0 heterocycles. The molecule has 0 aliphatic rings. The molecule has 0 fully saturated rings. The Morgan fingerprint density at radius 3 is 2.72 bits per heavy atom. The van der Waals surface area contributed by atoms with Gasteiger partial charge < -0.3 is 10.1 Å². The van der Waals surface area contributed by atoms with Crippen molar-refractivity contribution in [3.63, 3.8) is 0 Å². The molecule has 2 nitrogen and oxygen atoms in total. The van der Waals surface area contributed by atoms with Crippen LogP contribution in [0.25, 0.3) is 0 Å². The number of hydrogen-bond donors (Lipinski definition) is 1. The monoisotopic (exact) mass is 311 g/mol. The summed E-state index contributed by atoms with van der Waals surface area (Å²) in [4.78, 5) is 0. The largest absolute Gasteiger partial charge is 0.496 e. The zero-order valence-electron chi connectivity index (χ0n) is 11.4. The Kier molecular flexibility index (Phi) is 6.44. The molecule has 1 unspecified atom stereocenters. The predicted molar refractivity (Wildman–Crippen MR) is 81.2 cm³/mol. The second kappa shape index (κ2) is 7.59. The minimum absolute atomic E-state index is 0.259. The van der Waals surface area contributed by atoms with Gasteiger partial charge in [-0.25, -0.2) is 0 Å². The Bertz CT molecular complexity index is 403. The molecule has 0 saturated heterocycles. The summed E-state index contributed by atoms with van der Waals surface area (Å²) in [6.45, 7) is 9.29. The molecular formula is C15H22BrNO. The van der Waals surface area contributed by atoms with Gasteiger partial charge in [0, 0.05) is 16.1 Å². The second-order valence-corrected chi connectivity index (χ2v) is 5.22. The van der Waals surface area contributed by atoms with Crippen LogP contribution >= 0.6 is 15.9 Å². The third kappa shape index (κ3) is 4.14. The van der Waals surface area contributed by atoms with Gasteiger partial charge >= 0.3 is 0 Å². The molecule has 0 aliphatic heterocycles. The fraction of sp³-hybridized carbons (Fsp3) is 0.467. The molecule has 0 aliphatic carbocycles. The maximum Gasteiger partial charge on any atom is 0.123 e. The zero-order valence-corrected chi connectivity index (χ0v) is 13.0. The number of nitrogens with one attached hydrogen (secondary N) is 1. The molecule has 0 amide bonds. The first-order chi connectivity index (χ1) is 8.62. The van der Waals surface area contributed by atoms with Crippen molar-refractivity contribution >= 4 is 15.9 Å². The fourth-order valence-electron chi connectivity index (χ4n) is 1.95. The van der Waals surface area contributed by atoms with Gasteiger partial charge in [-0.05, 0) is 37.6 Å². The molecule has 1 atom stereocenters. The maximum absolute atomic E-state index is 5.45. The van der Waals surface area contributed by atoms with Crippen molar-refractivity contribution in [2.75, 3.05) is 13.7 Å². The number of hydrogen-bond acceptors (Lipinski definition) is 2. The van der Waals surface area contributed by atoms with Gasteiger partial charge in [-0.15, -0.1) is 0 Å². The van der Waals surface area contributed by atoms with Crippen LogP contribution in [-0.2, 0) is 0 Å². The molecule has 1 aromatic rings. The first-order valence-electron chi connectivity index (χ1n) is 6.35. The molecule has 1 N–H and O–H groups in total. The SMILES string of the molecule is C=C(CC)CC(NCC)c1cc(Br)ccc1OC. The van der Waals surface area contributed by atoms with E-state index in [2.05, 4.69) is 47.7 Å². The summed E-state index contributed by atoms with van der Waals surface area (Å²) in [7, 11) is 1.71. The van der Waals surface area contributed by atoms with Crippen LogP contribution in [0.3, 0.4) is 0 Å². The minimum atomic E-state index is 0.259. The predicted octanol–water partition coefficient (Wildman–Crippen LogP) is 4.46. The van der Waals surface area contributed by atoms with E-state index in [0.717, 1.165) is 29.6 Å². The molecule has 0 radical (unpaired) electrons. The quantitative estimate of drug-likeness (QED) is 0.750. The van der Waals surface area contributed by atoms with Crippen LogP contribution in [0.4, 0.5) is 0 Å². The highest BCUT2D eigenvalue weighted by atomic mass is 79.9. The topological polar surface area (TPSA) is 21.3 Å². The molecule has 0 aromatic heterocycles. The number of benzene rings is 1. The molecule has 1 rings (SSSR count). The summed E-state index contributed by atoms with van der Waals surface area (Å²) in [5.74, 6) is 0.924. The van der Waals surface area contributed by atoms with Gasteiger partial charge in [0.25, 0.3) is 0 Å². The minimum Gasteiger partial charge on any atom is -0.496 e. The van der Waals surface area contributed by atoms with E-state index in [-0.39, 0.29) is 6.04 Å². The van der Waals surface area contributed by atoms with E-state index in [4.69, 9.17) is 4.74 Å². The lowest BCUT2D eigenvalue weighted by molar-refractivity contribution is 0.398. The zero-order chi connectivity index (χ0) is 13.5. The van der Waals surface area contributed by atoms with Crippen LogP contribution in [0.5, 0.6) is 5.75 Å². The highest BCUT2D eigenvalue weighted by Gasteiger charge is 2.16. The fourth-order valence-corrected chi connectivity index (χ4v) is 2.33. The smallest absolute Gasteiger partial charge is 0.123 e. The van der Waals surface area contributed by atoms with Gasteiger partial charge in [-0.2, -0.15) is 0 Å². The van der Waals surface area contributed by atoms with Gasteiger partial charge in [-0.3, -0.25) is 0 Å². The Balaban J connectivity index is 3.03. The average Bonchev–Trinajstić information content (AvgIpc) is 2.38. The molecule has 3 heteroatoms. The standard InChI is InChI=1S/C15H22BrNO/c1-5-11(3)9-14(17-6-2)13-10-12(16)7-8-15(13)18-4/h7-8,10,14,17H,3,5-6,9H2,1-2,4H3. The van der Waals surface area contributed by atoms with Crippen LogP contribution in [0, 0.1) is 0 Å². The van der Waals surface area contributed by atoms with Crippen molar-refractivity contribution in [1.82, 2.24) is 5.32 Å². The van der Waals surface area contributed by atoms with E-state index in [0.29, 0.717) is 0 Å². The summed E-state index contributed by atoms with van der Waals surface area (Å²) in [6, 6.07) is 6.38. The van der Waals surface area contributed by atoms with Crippen LogP contribution in [0.1, 0.15) is 38.3 Å². The summed E-state index contributed by atoms with van der Waals surface area (Å²) in [6.07, 6.45) is 1.95. The van der Waals surface area contributed by atoms with E-state index >= 15 is 0 Å². The summed E-state index contributed by atoms with van der Waals surface area (Å²) >= 11 is 3.52. The van der Waals surface area contributed by atoms with Crippen molar-refractivity contribution in [2.45, 2.75) is 32.7 Å². The summed E-state index contributed by atoms with van der Waals surface area (Å²) in [5, 5.41) is 3.50. The molecule has 0 bridgehead atoms. The van der Waals surface area contributed by atoms with E-state index in [9.17, 15) is 0 Å². The number of rotatable bonds is 7. The van der Waals surface area contributed by atoms with Crippen molar-refractivity contribution < 1.29 is 4.74 Å². The highest BCUT2D eigenvalue weighted by molar-refractivity contribution is 9.10. The molecular weight excluding hydrogens is 290 g/mol. The Hall–Kier alpha value is -0.800. The molecule has 0 spiro atoms. The van der Waals surface area contributed by atoms with Crippen molar-refractivity contribution in [2.24, 2.45) is 0 Å². The van der Waals surface area contributed by atoms with Crippen LogP contribution in [0.2, 0.25) is 0 Å². The lowest BCUT2D eigenvalue weighted by Crippen LogP contribution is -2.22. The first-order valence-corrected chi connectivity index (χ1v) is 7.15. The summed E-state index contributed by atoms with van der Waals surface area (Å²) < 4.78 is 6.52. The molecule has 18 heavy (non-hydrogen) atoms. The van der Waals surface area contributed by atoms with Gasteiger partial charge in [0.2, 0.25) is 0 Å². The summed E-state index contributed by atoms with van der Waals surface area (Å²) in [5.41, 5.74) is 2.44. The Morgan fingerprint density at radius 2 is 2.17 bits per heavy atom. The van der Waals surface area contributed by atoms with Crippen molar-refractivity contribution in [3.05, 3.63) is 40.4 Å². The van der Waals surface area contributed by atoms with Crippen LogP contribution in [-0.4, -0.2) is 13.7 Å². The van der Waals surface area contributed by atoms with E-state index in [1.54, 1.807) is 7.11 Å². The van der Waals surface area contributed by atoms with E-state index in [1.165, 1.54) is 11.1 Å². The Labute approximate surface area is 119 Å². The van der Waals surface area contributed by atoms with Crippen molar-refractivity contribution in [1.29, 1.82) is 0 Å². The molecule has 1 aromatic carbocycles. The second-order valence-electron chi connectivity index (χ2n) is 4.30. The van der Waals surface area contributed by atoms with Gasteiger partial charge in [-0.1, -0.05) is 41.9 Å². The lowest BCUT2D eigenvalue weighted by Gasteiger charge is -2.21.